The molecule has 0 saturated carbocycles. The van der Waals surface area contributed by atoms with Gasteiger partial charge in [0.05, 0.1) is 4.92 Å². The van der Waals surface area contributed by atoms with Gasteiger partial charge >= 0.3 is 5.69 Å². The van der Waals surface area contributed by atoms with E-state index >= 15 is 0 Å². The van der Waals surface area contributed by atoms with Gasteiger partial charge in [-0.3, -0.25) is 10.1 Å². The molecule has 3 aromatic carbocycles. The zero-order chi connectivity index (χ0) is 22.6. The van der Waals surface area contributed by atoms with Crippen LogP contribution in [0.25, 0.3) is 0 Å². The van der Waals surface area contributed by atoms with Crippen molar-refractivity contribution in [1.29, 1.82) is 0 Å². The molecule has 0 spiro atoms. The number of benzene rings is 3. The van der Waals surface area contributed by atoms with Crippen LogP contribution >= 0.6 is 0 Å². The van der Waals surface area contributed by atoms with E-state index in [1.165, 1.54) is 6.33 Å². The van der Waals surface area contributed by atoms with Crippen molar-refractivity contribution in [1.82, 2.24) is 9.97 Å². The molecule has 8 nitrogen and oxygen atoms in total. The lowest BCUT2D eigenvalue weighted by Crippen LogP contribution is -2.26. The summed E-state index contributed by atoms with van der Waals surface area (Å²) in [5.41, 5.74) is 2.60. The van der Waals surface area contributed by atoms with Gasteiger partial charge in [0, 0.05) is 17.9 Å². The maximum absolute atomic E-state index is 12.1. The molecule has 1 aliphatic heterocycles. The highest BCUT2D eigenvalue weighted by Gasteiger charge is 2.30. The highest BCUT2D eigenvalue weighted by molar-refractivity contribution is 5.79. The first kappa shape index (κ1) is 20.4. The Morgan fingerprint density at radius 3 is 2.42 bits per heavy atom. The fourth-order valence-corrected chi connectivity index (χ4v) is 3.95. The summed E-state index contributed by atoms with van der Waals surface area (Å²) >= 11 is 0. The van der Waals surface area contributed by atoms with E-state index in [2.05, 4.69) is 15.3 Å². The molecule has 8 heteroatoms. The van der Waals surface area contributed by atoms with E-state index in [0.717, 1.165) is 29.8 Å². The van der Waals surface area contributed by atoms with Gasteiger partial charge in [-0.1, -0.05) is 36.4 Å². The Labute approximate surface area is 190 Å². The third kappa shape index (κ3) is 4.31. The van der Waals surface area contributed by atoms with Crippen LogP contribution in [0.15, 0.2) is 85.2 Å². The van der Waals surface area contributed by atoms with Crippen LogP contribution in [0.2, 0.25) is 0 Å². The van der Waals surface area contributed by atoms with Crippen molar-refractivity contribution < 1.29 is 9.66 Å². The van der Waals surface area contributed by atoms with Crippen LogP contribution in [0, 0.1) is 10.1 Å². The lowest BCUT2D eigenvalue weighted by Gasteiger charge is -2.30. The third-order valence-electron chi connectivity index (χ3n) is 5.45. The number of para-hydroxylation sites is 2. The maximum Gasteiger partial charge on any atom is 0.354 e. The highest BCUT2D eigenvalue weighted by atomic mass is 16.6. The number of fused-ring (bicyclic) bond motifs is 1. The minimum Gasteiger partial charge on any atom is -0.457 e. The molecule has 2 heterocycles. The van der Waals surface area contributed by atoms with Crippen molar-refractivity contribution in [3.05, 3.63) is 101 Å². The SMILES string of the molecule is O=[N+]([O-])c1c(Nc2ccc(Oc3ccccc3)cc2)ncnc1N1CCCc2ccccc21. The number of ether oxygens (including phenoxy) is 1. The van der Waals surface area contributed by atoms with Crippen LogP contribution in [0.4, 0.5) is 28.7 Å². The molecule has 4 aromatic rings. The molecule has 164 valence electrons. The molecule has 1 N–H and O–H groups in total. The maximum atomic E-state index is 12.1. The van der Waals surface area contributed by atoms with Crippen LogP contribution in [0.5, 0.6) is 11.5 Å². The summed E-state index contributed by atoms with van der Waals surface area (Å²) in [7, 11) is 0. The second kappa shape index (κ2) is 8.96. The normalized spacial score (nSPS) is 12.7. The number of hydrogen-bond donors (Lipinski definition) is 1. The van der Waals surface area contributed by atoms with Crippen molar-refractivity contribution in [3.63, 3.8) is 0 Å². The third-order valence-corrected chi connectivity index (χ3v) is 5.45. The fraction of sp³-hybridized carbons (Fsp3) is 0.120. The molecule has 0 atom stereocenters. The van der Waals surface area contributed by atoms with Crippen LogP contribution in [-0.4, -0.2) is 21.4 Å². The van der Waals surface area contributed by atoms with E-state index in [-0.39, 0.29) is 17.3 Å². The van der Waals surface area contributed by atoms with Gasteiger partial charge < -0.3 is 15.0 Å². The van der Waals surface area contributed by atoms with Gasteiger partial charge in [-0.15, -0.1) is 0 Å². The summed E-state index contributed by atoms with van der Waals surface area (Å²) in [5, 5.41) is 15.2. The summed E-state index contributed by atoms with van der Waals surface area (Å²) in [6.07, 6.45) is 3.19. The smallest absolute Gasteiger partial charge is 0.354 e. The molecule has 0 fully saturated rings. The largest absolute Gasteiger partial charge is 0.457 e. The standard InChI is InChI=1S/C25H21N5O3/c31-30(32)23-24(28-19-12-14-21(15-13-19)33-20-9-2-1-3-10-20)26-17-27-25(23)29-16-6-8-18-7-4-5-11-22(18)29/h1-5,7,9-15,17H,6,8,16H2,(H,26,27,28). The lowest BCUT2D eigenvalue weighted by atomic mass is 10.0. The summed E-state index contributed by atoms with van der Waals surface area (Å²) < 4.78 is 5.81. The molecule has 0 aliphatic carbocycles. The number of anilines is 4. The molecule has 0 unspecified atom stereocenters. The van der Waals surface area contributed by atoms with Gasteiger partial charge in [0.15, 0.2) is 0 Å². The second-order valence-electron chi connectivity index (χ2n) is 7.60. The van der Waals surface area contributed by atoms with E-state index < -0.39 is 4.92 Å². The summed E-state index contributed by atoms with van der Waals surface area (Å²) in [6.45, 7) is 0.653. The second-order valence-corrected chi connectivity index (χ2v) is 7.60. The van der Waals surface area contributed by atoms with E-state index in [1.54, 1.807) is 24.3 Å². The van der Waals surface area contributed by atoms with Gasteiger partial charge in [0.2, 0.25) is 11.6 Å². The van der Waals surface area contributed by atoms with Crippen LogP contribution in [0.1, 0.15) is 12.0 Å². The fourth-order valence-electron chi connectivity index (χ4n) is 3.95. The molecule has 0 radical (unpaired) electrons. The first-order chi connectivity index (χ1) is 16.2. The molecular formula is C25H21N5O3. The molecule has 0 amide bonds. The molecule has 33 heavy (non-hydrogen) atoms. The molecule has 0 saturated heterocycles. The summed E-state index contributed by atoms with van der Waals surface area (Å²) in [6, 6.07) is 24.6. The van der Waals surface area contributed by atoms with Crippen molar-refractivity contribution >= 4 is 28.7 Å². The van der Waals surface area contributed by atoms with Crippen LogP contribution in [-0.2, 0) is 6.42 Å². The molecule has 0 bridgehead atoms. The average Bonchev–Trinajstić information content (AvgIpc) is 2.85. The molecule has 1 aliphatic rings. The number of nitro groups is 1. The van der Waals surface area contributed by atoms with Crippen LogP contribution < -0.4 is 15.0 Å². The predicted octanol–water partition coefficient (Wildman–Crippen LogP) is 6.01. The van der Waals surface area contributed by atoms with Crippen molar-refractivity contribution in [3.8, 4) is 11.5 Å². The number of nitrogens with one attached hydrogen (secondary N) is 1. The van der Waals surface area contributed by atoms with Crippen LogP contribution in [0.3, 0.4) is 0 Å². The van der Waals surface area contributed by atoms with E-state index in [4.69, 9.17) is 4.74 Å². The zero-order valence-electron chi connectivity index (χ0n) is 17.7. The van der Waals surface area contributed by atoms with Gasteiger partial charge in [-0.2, -0.15) is 0 Å². The number of nitrogens with zero attached hydrogens (tertiary/aromatic N) is 4. The number of aromatic nitrogens is 2. The van der Waals surface area contributed by atoms with E-state index in [9.17, 15) is 10.1 Å². The minimum absolute atomic E-state index is 0.143. The number of aryl methyl sites for hydroxylation is 1. The van der Waals surface area contributed by atoms with Gasteiger partial charge in [-0.25, -0.2) is 9.97 Å². The Balaban J connectivity index is 1.43. The number of rotatable bonds is 6. The Bertz CT molecular complexity index is 1280. The van der Waals surface area contributed by atoms with Gasteiger partial charge in [0.1, 0.15) is 17.8 Å². The lowest BCUT2D eigenvalue weighted by molar-refractivity contribution is -0.383. The first-order valence-electron chi connectivity index (χ1n) is 10.6. The average molecular weight is 439 g/mol. The van der Waals surface area contributed by atoms with Crippen molar-refractivity contribution in [2.45, 2.75) is 12.8 Å². The van der Waals surface area contributed by atoms with Crippen molar-refractivity contribution in [2.24, 2.45) is 0 Å². The van der Waals surface area contributed by atoms with Crippen molar-refractivity contribution in [2.75, 3.05) is 16.8 Å². The summed E-state index contributed by atoms with van der Waals surface area (Å²) in [5.74, 6) is 1.82. The predicted molar refractivity (Wildman–Crippen MR) is 127 cm³/mol. The number of hydrogen-bond acceptors (Lipinski definition) is 7. The van der Waals surface area contributed by atoms with E-state index in [0.29, 0.717) is 18.0 Å². The summed E-state index contributed by atoms with van der Waals surface area (Å²) in [4.78, 5) is 22.0. The van der Waals surface area contributed by atoms with Gasteiger partial charge in [0.25, 0.3) is 0 Å². The first-order valence-corrected chi connectivity index (χ1v) is 10.6. The Hall–Kier alpha value is -4.46. The monoisotopic (exact) mass is 439 g/mol. The minimum atomic E-state index is -0.429. The molecule has 5 rings (SSSR count). The van der Waals surface area contributed by atoms with E-state index in [1.807, 2.05) is 59.5 Å². The van der Waals surface area contributed by atoms with Gasteiger partial charge in [-0.05, 0) is 60.9 Å². The molecular weight excluding hydrogens is 418 g/mol. The quantitative estimate of drug-likeness (QED) is 0.291. The Morgan fingerprint density at radius 1 is 0.909 bits per heavy atom. The molecule has 1 aromatic heterocycles. The Morgan fingerprint density at radius 2 is 1.64 bits per heavy atom. The topological polar surface area (TPSA) is 93.4 Å². The zero-order valence-corrected chi connectivity index (χ0v) is 17.7. The Kier molecular flexibility index (Phi) is 5.55. The highest BCUT2D eigenvalue weighted by Crippen LogP contribution is 2.40.